The number of hydrogen-bond acceptors (Lipinski definition) is 7. The molecule has 8 nitrogen and oxygen atoms in total. The summed E-state index contributed by atoms with van der Waals surface area (Å²) in [5, 5.41) is 10.6. The minimum absolute atomic E-state index is 0.0344. The largest absolute Gasteiger partial charge is 0.462 e. The van der Waals surface area contributed by atoms with E-state index < -0.39 is 16.6 Å². The average Bonchev–Trinajstić information content (AvgIpc) is 2.28. The molecule has 0 atom stereocenters. The first kappa shape index (κ1) is 15.3. The number of rotatable bonds is 5. The number of aryl methyl sites for hydroxylation is 1. The molecular weight excluding hydrogens is 276 g/mol. The van der Waals surface area contributed by atoms with E-state index in [0.29, 0.717) is 0 Å². The van der Waals surface area contributed by atoms with E-state index in [9.17, 15) is 14.9 Å². The highest BCUT2D eigenvalue weighted by molar-refractivity contribution is 6.35. The number of pyridine rings is 1. The van der Waals surface area contributed by atoms with Gasteiger partial charge in [0, 0.05) is 0 Å². The molecule has 0 unspecified atom stereocenters. The van der Waals surface area contributed by atoms with Gasteiger partial charge in [0.1, 0.15) is 16.3 Å². The van der Waals surface area contributed by atoms with E-state index in [4.69, 9.17) is 22.2 Å². The SMILES string of the molecule is CCOC(=O)c1c(CNN)nc(C)c([N+](=O)[O-])c1Cl. The number of nitro groups is 1. The summed E-state index contributed by atoms with van der Waals surface area (Å²) >= 11 is 5.93. The number of nitrogens with one attached hydrogen (secondary N) is 1. The number of hydrazine groups is 1. The van der Waals surface area contributed by atoms with Gasteiger partial charge in [0.25, 0.3) is 0 Å². The molecule has 0 saturated heterocycles. The van der Waals surface area contributed by atoms with Gasteiger partial charge >= 0.3 is 11.7 Å². The number of aromatic nitrogens is 1. The van der Waals surface area contributed by atoms with E-state index in [1.165, 1.54) is 6.92 Å². The molecule has 0 spiro atoms. The van der Waals surface area contributed by atoms with E-state index >= 15 is 0 Å². The number of halogens is 1. The number of hydrogen-bond donors (Lipinski definition) is 2. The Bertz CT molecular complexity index is 521. The van der Waals surface area contributed by atoms with Crippen LogP contribution in [0.4, 0.5) is 5.69 Å². The van der Waals surface area contributed by atoms with E-state index in [-0.39, 0.29) is 35.1 Å². The monoisotopic (exact) mass is 288 g/mol. The van der Waals surface area contributed by atoms with Crippen LogP contribution in [0.15, 0.2) is 0 Å². The number of ether oxygens (including phenoxy) is 1. The third-order valence-electron chi connectivity index (χ3n) is 2.29. The number of nitrogens with zero attached hydrogens (tertiary/aromatic N) is 2. The predicted octanol–water partition coefficient (Wildman–Crippen LogP) is 1.09. The van der Waals surface area contributed by atoms with E-state index in [0.717, 1.165) is 0 Å². The lowest BCUT2D eigenvalue weighted by molar-refractivity contribution is -0.385. The molecule has 3 N–H and O–H groups in total. The van der Waals surface area contributed by atoms with Crippen LogP contribution in [0, 0.1) is 17.0 Å². The van der Waals surface area contributed by atoms with Crippen molar-refractivity contribution < 1.29 is 14.5 Å². The van der Waals surface area contributed by atoms with Crippen LogP contribution < -0.4 is 11.3 Å². The zero-order valence-corrected chi connectivity index (χ0v) is 11.2. The summed E-state index contributed by atoms with van der Waals surface area (Å²) < 4.78 is 4.82. The lowest BCUT2D eigenvalue weighted by atomic mass is 10.1. The molecule has 19 heavy (non-hydrogen) atoms. The van der Waals surface area contributed by atoms with Crippen molar-refractivity contribution in [3.8, 4) is 0 Å². The zero-order valence-electron chi connectivity index (χ0n) is 10.4. The highest BCUT2D eigenvalue weighted by atomic mass is 35.5. The molecule has 1 heterocycles. The van der Waals surface area contributed by atoms with Crippen molar-refractivity contribution >= 4 is 23.3 Å². The van der Waals surface area contributed by atoms with Crippen molar-refractivity contribution in [3.63, 3.8) is 0 Å². The normalized spacial score (nSPS) is 10.3. The Morgan fingerprint density at radius 3 is 2.74 bits per heavy atom. The molecule has 9 heteroatoms. The Labute approximate surface area is 114 Å². The fourth-order valence-electron chi connectivity index (χ4n) is 1.56. The molecule has 0 aromatic carbocycles. The first-order valence-corrected chi connectivity index (χ1v) is 5.75. The first-order valence-electron chi connectivity index (χ1n) is 5.37. The molecule has 0 bridgehead atoms. The van der Waals surface area contributed by atoms with Gasteiger partial charge in [0.2, 0.25) is 0 Å². The predicted molar refractivity (Wildman–Crippen MR) is 67.6 cm³/mol. The average molecular weight is 289 g/mol. The molecular formula is C10H13ClN4O4. The van der Waals surface area contributed by atoms with Crippen LogP contribution in [0.25, 0.3) is 0 Å². The highest BCUT2D eigenvalue weighted by Gasteiger charge is 2.28. The van der Waals surface area contributed by atoms with Gasteiger partial charge in [-0.3, -0.25) is 21.4 Å². The summed E-state index contributed by atoms with van der Waals surface area (Å²) in [5.74, 6) is 4.41. The lowest BCUT2D eigenvalue weighted by Gasteiger charge is -2.11. The van der Waals surface area contributed by atoms with Crippen molar-refractivity contribution in [2.45, 2.75) is 20.4 Å². The minimum atomic E-state index is -0.770. The van der Waals surface area contributed by atoms with Crippen LogP contribution in [0.2, 0.25) is 5.02 Å². The lowest BCUT2D eigenvalue weighted by Crippen LogP contribution is -2.24. The van der Waals surface area contributed by atoms with Crippen molar-refractivity contribution in [2.75, 3.05) is 6.61 Å². The van der Waals surface area contributed by atoms with Gasteiger partial charge in [-0.05, 0) is 13.8 Å². The molecule has 0 amide bonds. The number of esters is 1. The second-order valence-electron chi connectivity index (χ2n) is 3.54. The molecule has 1 aromatic heterocycles. The minimum Gasteiger partial charge on any atom is -0.462 e. The summed E-state index contributed by atoms with van der Waals surface area (Å²) in [6.07, 6.45) is 0. The Balaban J connectivity index is 3.50. The fraction of sp³-hybridized carbons (Fsp3) is 0.400. The molecule has 0 saturated carbocycles. The standard InChI is InChI=1S/C10H13ClN4O4/c1-3-19-10(16)7-6(4-13-12)14-5(2)9(8(7)11)15(17)18/h13H,3-4,12H2,1-2H3. The highest BCUT2D eigenvalue weighted by Crippen LogP contribution is 2.32. The summed E-state index contributed by atoms with van der Waals surface area (Å²) in [7, 11) is 0. The van der Waals surface area contributed by atoms with Crippen LogP contribution in [0.5, 0.6) is 0 Å². The van der Waals surface area contributed by atoms with E-state index in [2.05, 4.69) is 10.4 Å². The molecule has 0 aliphatic carbocycles. The van der Waals surface area contributed by atoms with Gasteiger partial charge in [-0.2, -0.15) is 0 Å². The zero-order chi connectivity index (χ0) is 14.6. The Hall–Kier alpha value is -1.77. The number of carbonyl (C=O) groups is 1. The van der Waals surface area contributed by atoms with Crippen LogP contribution in [-0.4, -0.2) is 22.5 Å². The summed E-state index contributed by atoms with van der Waals surface area (Å²) in [6.45, 7) is 3.20. The molecule has 1 rings (SSSR count). The Kier molecular flexibility index (Phi) is 5.16. The first-order chi connectivity index (χ1) is 8.93. The number of nitrogens with two attached hydrogens (primary N) is 1. The van der Waals surface area contributed by atoms with Gasteiger partial charge in [0.15, 0.2) is 0 Å². The molecule has 0 aliphatic rings. The molecule has 104 valence electrons. The maximum Gasteiger partial charge on any atom is 0.341 e. The number of carbonyl (C=O) groups excluding carboxylic acids is 1. The van der Waals surface area contributed by atoms with Gasteiger partial charge in [-0.1, -0.05) is 11.6 Å². The molecule has 0 radical (unpaired) electrons. The Morgan fingerprint density at radius 2 is 2.26 bits per heavy atom. The molecule has 0 fully saturated rings. The quantitative estimate of drug-likeness (QED) is 0.360. The second-order valence-corrected chi connectivity index (χ2v) is 3.92. The van der Waals surface area contributed by atoms with E-state index in [1.54, 1.807) is 6.92 Å². The maximum absolute atomic E-state index is 11.8. The Morgan fingerprint density at radius 1 is 1.63 bits per heavy atom. The van der Waals surface area contributed by atoms with Gasteiger partial charge in [-0.15, -0.1) is 0 Å². The van der Waals surface area contributed by atoms with Gasteiger partial charge in [-0.25, -0.2) is 9.78 Å². The maximum atomic E-state index is 11.8. The third-order valence-corrected chi connectivity index (χ3v) is 2.66. The summed E-state index contributed by atoms with van der Waals surface area (Å²) in [4.78, 5) is 26.0. The topological polar surface area (TPSA) is 120 Å². The van der Waals surface area contributed by atoms with Gasteiger partial charge in [0.05, 0.1) is 23.8 Å². The van der Waals surface area contributed by atoms with Crippen LogP contribution in [0.1, 0.15) is 28.7 Å². The van der Waals surface area contributed by atoms with Crippen molar-refractivity contribution in [1.82, 2.24) is 10.4 Å². The second kappa shape index (κ2) is 6.41. The summed E-state index contributed by atoms with van der Waals surface area (Å²) in [6, 6.07) is 0. The van der Waals surface area contributed by atoms with Gasteiger partial charge < -0.3 is 4.74 Å². The van der Waals surface area contributed by atoms with Crippen LogP contribution >= 0.6 is 11.6 Å². The summed E-state index contributed by atoms with van der Waals surface area (Å²) in [5.41, 5.74) is 2.08. The van der Waals surface area contributed by atoms with Crippen molar-refractivity contribution in [3.05, 3.63) is 32.1 Å². The molecule has 0 aliphatic heterocycles. The molecule has 1 aromatic rings. The van der Waals surface area contributed by atoms with Crippen LogP contribution in [-0.2, 0) is 11.3 Å². The fourth-order valence-corrected chi connectivity index (χ4v) is 1.95. The van der Waals surface area contributed by atoms with Crippen molar-refractivity contribution in [1.29, 1.82) is 0 Å². The third kappa shape index (κ3) is 3.16. The van der Waals surface area contributed by atoms with Crippen molar-refractivity contribution in [2.24, 2.45) is 5.84 Å². The van der Waals surface area contributed by atoms with E-state index in [1.807, 2.05) is 0 Å². The van der Waals surface area contributed by atoms with Crippen LogP contribution in [0.3, 0.4) is 0 Å². The smallest absolute Gasteiger partial charge is 0.341 e.